The van der Waals surface area contributed by atoms with E-state index in [2.05, 4.69) is 33.2 Å². The second-order valence-corrected chi connectivity index (χ2v) is 8.36. The maximum atomic E-state index is 12.3. The molecule has 1 N–H and O–H groups in total. The average Bonchev–Trinajstić information content (AvgIpc) is 3.40. The summed E-state index contributed by atoms with van der Waals surface area (Å²) < 4.78 is 6.48. The monoisotopic (exact) mass is 370 g/mol. The first-order valence-corrected chi connectivity index (χ1v) is 10.1. The summed E-state index contributed by atoms with van der Waals surface area (Å²) in [5.41, 5.74) is 3.33. The Morgan fingerprint density at radius 2 is 2.42 bits per heavy atom. The number of nitrogens with one attached hydrogen (secondary N) is 1. The van der Waals surface area contributed by atoms with Gasteiger partial charge in [-0.25, -0.2) is 9.97 Å². The van der Waals surface area contributed by atoms with Gasteiger partial charge >= 0.3 is 0 Å². The molecule has 0 aliphatic carbocycles. The lowest BCUT2D eigenvalue weighted by Crippen LogP contribution is -2.42. The number of carbonyl (C=O) groups excluding carboxylic acids is 1. The maximum absolute atomic E-state index is 12.3. The summed E-state index contributed by atoms with van der Waals surface area (Å²) >= 11 is 1.44. The van der Waals surface area contributed by atoms with E-state index >= 15 is 0 Å². The number of anilines is 1. The third kappa shape index (κ3) is 2.45. The number of nitrogens with zero attached hydrogens (tertiary/aromatic N) is 3. The number of amides is 1. The van der Waals surface area contributed by atoms with Gasteiger partial charge in [-0.2, -0.15) is 0 Å². The molecule has 3 aliphatic heterocycles. The van der Waals surface area contributed by atoms with E-state index in [0.29, 0.717) is 24.1 Å². The van der Waals surface area contributed by atoms with E-state index in [-0.39, 0.29) is 17.6 Å². The molecule has 2 aromatic heterocycles. The van der Waals surface area contributed by atoms with Crippen molar-refractivity contribution in [3.8, 4) is 0 Å². The van der Waals surface area contributed by atoms with Crippen LogP contribution >= 0.6 is 11.3 Å². The van der Waals surface area contributed by atoms with Crippen molar-refractivity contribution in [3.05, 3.63) is 40.5 Å². The first-order chi connectivity index (χ1) is 12.7. The van der Waals surface area contributed by atoms with Crippen LogP contribution in [0.25, 0.3) is 0 Å². The molecular weight excluding hydrogens is 348 g/mol. The lowest BCUT2D eigenvalue weighted by atomic mass is 9.73. The Morgan fingerprint density at radius 1 is 1.50 bits per heavy atom. The van der Waals surface area contributed by atoms with Crippen LogP contribution in [0.2, 0.25) is 0 Å². The SMILES string of the molecule is Cc1cccnc1N1C[C@@H]2[C@H](CNC(=O)c3cscn3)[C@H]3CC[C@]2(C1)O3. The molecule has 4 atom stereocenters. The molecule has 6 nitrogen and oxygen atoms in total. The van der Waals surface area contributed by atoms with E-state index in [1.165, 1.54) is 16.9 Å². The highest BCUT2D eigenvalue weighted by Crippen LogP contribution is 2.55. The molecule has 3 saturated heterocycles. The number of hydrogen-bond donors (Lipinski definition) is 1. The van der Waals surface area contributed by atoms with Crippen molar-refractivity contribution in [2.75, 3.05) is 24.5 Å². The van der Waals surface area contributed by atoms with Crippen molar-refractivity contribution in [3.63, 3.8) is 0 Å². The molecule has 0 unspecified atom stereocenters. The standard InChI is InChI=1S/C19H22N4O2S/c1-12-3-2-6-20-17(12)23-8-14-13(16-4-5-19(14,10-23)25-16)7-21-18(24)15-9-26-11-22-15/h2-3,6,9,11,13-14,16H,4-5,7-8,10H2,1H3,(H,21,24)/t13-,14+,16+,19+/m0/s1. The maximum Gasteiger partial charge on any atom is 0.270 e. The minimum absolute atomic E-state index is 0.0648. The highest BCUT2D eigenvalue weighted by molar-refractivity contribution is 7.07. The molecule has 26 heavy (non-hydrogen) atoms. The highest BCUT2D eigenvalue weighted by atomic mass is 32.1. The summed E-state index contributed by atoms with van der Waals surface area (Å²) in [5.74, 6) is 1.78. The smallest absolute Gasteiger partial charge is 0.270 e. The lowest BCUT2D eigenvalue weighted by Gasteiger charge is -2.29. The zero-order valence-corrected chi connectivity index (χ0v) is 15.5. The summed E-state index contributed by atoms with van der Waals surface area (Å²) in [6.45, 7) is 4.62. The predicted molar refractivity (Wildman–Crippen MR) is 99.5 cm³/mol. The van der Waals surface area contributed by atoms with E-state index in [4.69, 9.17) is 4.74 Å². The average molecular weight is 370 g/mol. The first kappa shape index (κ1) is 16.2. The molecule has 136 valence electrons. The molecule has 2 aromatic rings. The zero-order chi connectivity index (χ0) is 17.7. The van der Waals surface area contributed by atoms with Crippen molar-refractivity contribution < 1.29 is 9.53 Å². The van der Waals surface area contributed by atoms with Crippen LogP contribution in [-0.2, 0) is 4.74 Å². The Balaban J connectivity index is 1.32. The molecule has 3 fully saturated rings. The normalized spacial score (nSPS) is 32.0. The van der Waals surface area contributed by atoms with Crippen molar-refractivity contribution >= 4 is 23.1 Å². The largest absolute Gasteiger partial charge is 0.369 e. The molecule has 3 aliphatic rings. The molecule has 0 radical (unpaired) electrons. The van der Waals surface area contributed by atoms with Gasteiger partial charge in [0.05, 0.1) is 17.2 Å². The van der Waals surface area contributed by atoms with Gasteiger partial charge in [-0.1, -0.05) is 6.07 Å². The van der Waals surface area contributed by atoms with Gasteiger partial charge in [0.2, 0.25) is 0 Å². The van der Waals surface area contributed by atoms with Crippen molar-refractivity contribution in [2.24, 2.45) is 11.8 Å². The second kappa shape index (κ2) is 6.03. The number of thiazole rings is 1. The van der Waals surface area contributed by atoms with Crippen LogP contribution in [-0.4, -0.2) is 47.2 Å². The summed E-state index contributed by atoms with van der Waals surface area (Å²) in [6, 6.07) is 4.09. The van der Waals surface area contributed by atoms with E-state index in [9.17, 15) is 4.79 Å². The van der Waals surface area contributed by atoms with Gasteiger partial charge in [-0.3, -0.25) is 4.79 Å². The first-order valence-electron chi connectivity index (χ1n) is 9.17. The van der Waals surface area contributed by atoms with Gasteiger partial charge in [0.1, 0.15) is 11.5 Å². The predicted octanol–water partition coefficient (Wildman–Crippen LogP) is 2.26. The van der Waals surface area contributed by atoms with Crippen molar-refractivity contribution in [1.29, 1.82) is 0 Å². The van der Waals surface area contributed by atoms with E-state index in [1.54, 1.807) is 10.9 Å². The molecule has 1 spiro atoms. The van der Waals surface area contributed by atoms with Crippen molar-refractivity contribution in [2.45, 2.75) is 31.5 Å². The Kier molecular flexibility index (Phi) is 3.76. The van der Waals surface area contributed by atoms with E-state index in [0.717, 1.165) is 31.7 Å². The number of carbonyl (C=O) groups is 1. The molecule has 0 aromatic carbocycles. The highest BCUT2D eigenvalue weighted by Gasteiger charge is 2.63. The van der Waals surface area contributed by atoms with Crippen LogP contribution in [0, 0.1) is 18.8 Å². The molecule has 5 heterocycles. The van der Waals surface area contributed by atoms with Gasteiger partial charge in [-0.15, -0.1) is 11.3 Å². The van der Waals surface area contributed by atoms with Crippen LogP contribution in [0.5, 0.6) is 0 Å². The number of hydrogen-bond acceptors (Lipinski definition) is 6. The topological polar surface area (TPSA) is 67.4 Å². The molecule has 0 saturated carbocycles. The number of fused-ring (bicyclic) bond motifs is 1. The van der Waals surface area contributed by atoms with Gasteiger partial charge in [0.15, 0.2) is 0 Å². The van der Waals surface area contributed by atoms with Gasteiger partial charge in [0.25, 0.3) is 5.91 Å². The number of rotatable bonds is 4. The molecular formula is C19H22N4O2S. The fraction of sp³-hybridized carbons (Fsp3) is 0.526. The lowest BCUT2D eigenvalue weighted by molar-refractivity contribution is 0.0141. The van der Waals surface area contributed by atoms with Gasteiger partial charge in [0, 0.05) is 43.0 Å². The molecule has 2 bridgehead atoms. The zero-order valence-electron chi connectivity index (χ0n) is 14.7. The van der Waals surface area contributed by atoms with Gasteiger partial charge < -0.3 is 15.0 Å². The summed E-state index contributed by atoms with van der Waals surface area (Å²) in [4.78, 5) is 23.3. The van der Waals surface area contributed by atoms with Crippen LogP contribution in [0.15, 0.2) is 29.2 Å². The number of aryl methyl sites for hydroxylation is 1. The van der Waals surface area contributed by atoms with Crippen LogP contribution < -0.4 is 10.2 Å². The Bertz CT molecular complexity index is 827. The fourth-order valence-electron chi connectivity index (χ4n) is 5.06. The number of ether oxygens (including phenoxy) is 1. The minimum Gasteiger partial charge on any atom is -0.369 e. The Labute approximate surface area is 156 Å². The number of pyridine rings is 1. The Hall–Kier alpha value is -1.99. The molecule has 1 amide bonds. The van der Waals surface area contributed by atoms with E-state index < -0.39 is 0 Å². The Morgan fingerprint density at radius 3 is 3.23 bits per heavy atom. The third-order valence-corrected chi connectivity index (χ3v) is 6.81. The van der Waals surface area contributed by atoms with Crippen LogP contribution in [0.3, 0.4) is 0 Å². The van der Waals surface area contributed by atoms with Crippen LogP contribution in [0.4, 0.5) is 5.82 Å². The number of aromatic nitrogens is 2. The molecule has 7 heteroatoms. The van der Waals surface area contributed by atoms with Crippen LogP contribution in [0.1, 0.15) is 28.9 Å². The fourth-order valence-corrected chi connectivity index (χ4v) is 5.59. The minimum atomic E-state index is -0.0847. The quantitative estimate of drug-likeness (QED) is 0.894. The summed E-state index contributed by atoms with van der Waals surface area (Å²) in [7, 11) is 0. The van der Waals surface area contributed by atoms with Crippen molar-refractivity contribution in [1.82, 2.24) is 15.3 Å². The van der Waals surface area contributed by atoms with Gasteiger partial charge in [-0.05, 0) is 31.4 Å². The third-order valence-electron chi connectivity index (χ3n) is 6.23. The molecule has 5 rings (SSSR count). The second-order valence-electron chi connectivity index (χ2n) is 7.64. The van der Waals surface area contributed by atoms with E-state index in [1.807, 2.05) is 12.3 Å². The summed E-state index contributed by atoms with van der Waals surface area (Å²) in [6.07, 6.45) is 4.32. The summed E-state index contributed by atoms with van der Waals surface area (Å²) in [5, 5.41) is 4.87.